The number of rotatable bonds is 5. The highest BCUT2D eigenvalue weighted by Crippen LogP contribution is 2.40. The summed E-state index contributed by atoms with van der Waals surface area (Å²) in [4.78, 5) is 2.10. The standard InChI is InChI=1S/C15H26F2N2/c1-6-15(16,17)11-7-8-12(13(18)9-11)14(2,3)10-19(4)5/h9H,6-8,10,18H2,1-5H3. The van der Waals surface area contributed by atoms with Gasteiger partial charge in [-0.2, -0.15) is 0 Å². The molecule has 0 saturated carbocycles. The largest absolute Gasteiger partial charge is 0.399 e. The Morgan fingerprint density at radius 2 is 1.84 bits per heavy atom. The molecule has 0 heterocycles. The fourth-order valence-corrected chi connectivity index (χ4v) is 2.88. The lowest BCUT2D eigenvalue weighted by Crippen LogP contribution is -2.33. The van der Waals surface area contributed by atoms with Crippen LogP contribution in [0.5, 0.6) is 0 Å². The number of halogens is 2. The van der Waals surface area contributed by atoms with Crippen LogP contribution in [0.4, 0.5) is 8.78 Å². The Hall–Kier alpha value is -0.900. The van der Waals surface area contributed by atoms with Crippen molar-refractivity contribution in [3.05, 3.63) is 22.9 Å². The van der Waals surface area contributed by atoms with Crippen LogP contribution in [0.2, 0.25) is 0 Å². The molecule has 4 heteroatoms. The van der Waals surface area contributed by atoms with Crippen molar-refractivity contribution >= 4 is 0 Å². The second kappa shape index (κ2) is 5.61. The molecule has 1 rings (SSSR count). The fourth-order valence-electron chi connectivity index (χ4n) is 2.88. The second-order valence-electron chi connectivity index (χ2n) is 6.28. The first-order chi connectivity index (χ1) is 8.60. The van der Waals surface area contributed by atoms with Crippen LogP contribution in [0, 0.1) is 5.41 Å². The Morgan fingerprint density at radius 3 is 2.26 bits per heavy atom. The van der Waals surface area contributed by atoms with E-state index in [1.165, 1.54) is 13.0 Å². The summed E-state index contributed by atoms with van der Waals surface area (Å²) in [6, 6.07) is 0. The quantitative estimate of drug-likeness (QED) is 0.829. The van der Waals surface area contributed by atoms with Gasteiger partial charge >= 0.3 is 0 Å². The molecular formula is C15H26F2N2. The van der Waals surface area contributed by atoms with Crippen molar-refractivity contribution < 1.29 is 8.78 Å². The van der Waals surface area contributed by atoms with E-state index < -0.39 is 5.92 Å². The summed E-state index contributed by atoms with van der Waals surface area (Å²) in [5, 5.41) is 0. The molecule has 1 aliphatic rings. The molecule has 0 aliphatic heterocycles. The lowest BCUT2D eigenvalue weighted by molar-refractivity contribution is 0.0333. The smallest absolute Gasteiger partial charge is 0.269 e. The third kappa shape index (κ3) is 3.78. The monoisotopic (exact) mass is 272 g/mol. The molecular weight excluding hydrogens is 246 g/mol. The zero-order valence-electron chi connectivity index (χ0n) is 12.7. The topological polar surface area (TPSA) is 29.3 Å². The van der Waals surface area contributed by atoms with Crippen molar-refractivity contribution in [1.82, 2.24) is 4.90 Å². The average molecular weight is 272 g/mol. The van der Waals surface area contributed by atoms with E-state index in [1.807, 2.05) is 14.1 Å². The van der Waals surface area contributed by atoms with Gasteiger partial charge in [-0.3, -0.25) is 0 Å². The molecule has 2 N–H and O–H groups in total. The molecule has 0 radical (unpaired) electrons. The zero-order chi connectivity index (χ0) is 14.8. The van der Waals surface area contributed by atoms with Crippen molar-refractivity contribution in [2.75, 3.05) is 20.6 Å². The van der Waals surface area contributed by atoms with Gasteiger partial charge in [-0.1, -0.05) is 20.8 Å². The van der Waals surface area contributed by atoms with Gasteiger partial charge in [0.05, 0.1) is 0 Å². The van der Waals surface area contributed by atoms with E-state index in [-0.39, 0.29) is 17.4 Å². The predicted molar refractivity (Wildman–Crippen MR) is 76.1 cm³/mol. The van der Waals surface area contributed by atoms with Crippen LogP contribution in [0.1, 0.15) is 40.0 Å². The lowest BCUT2D eigenvalue weighted by atomic mass is 9.76. The summed E-state index contributed by atoms with van der Waals surface area (Å²) in [5.74, 6) is -2.72. The van der Waals surface area contributed by atoms with Crippen LogP contribution in [-0.2, 0) is 0 Å². The van der Waals surface area contributed by atoms with Gasteiger partial charge in [-0.05, 0) is 38.6 Å². The van der Waals surface area contributed by atoms with Gasteiger partial charge in [0.2, 0.25) is 0 Å². The van der Waals surface area contributed by atoms with Crippen molar-refractivity contribution in [1.29, 1.82) is 0 Å². The lowest BCUT2D eigenvalue weighted by Gasteiger charge is -2.35. The maximum absolute atomic E-state index is 13.7. The normalized spacial score (nSPS) is 18.0. The number of hydrogen-bond acceptors (Lipinski definition) is 2. The van der Waals surface area contributed by atoms with Gasteiger partial charge in [0.15, 0.2) is 0 Å². The van der Waals surface area contributed by atoms with Gasteiger partial charge in [0, 0.05) is 29.7 Å². The van der Waals surface area contributed by atoms with E-state index in [0.29, 0.717) is 18.5 Å². The van der Waals surface area contributed by atoms with Crippen LogP contribution in [-0.4, -0.2) is 31.5 Å². The molecule has 0 saturated heterocycles. The molecule has 19 heavy (non-hydrogen) atoms. The Labute approximate surface area is 115 Å². The van der Waals surface area contributed by atoms with Crippen molar-refractivity contribution in [2.24, 2.45) is 11.1 Å². The SMILES string of the molecule is CCC(F)(F)C1=CC(N)=C(C(C)(C)CN(C)C)CC1. The molecule has 0 aromatic carbocycles. The van der Waals surface area contributed by atoms with Gasteiger partial charge in [0.1, 0.15) is 0 Å². The van der Waals surface area contributed by atoms with E-state index >= 15 is 0 Å². The van der Waals surface area contributed by atoms with Crippen molar-refractivity contribution in [3.63, 3.8) is 0 Å². The van der Waals surface area contributed by atoms with Gasteiger partial charge in [0.25, 0.3) is 5.92 Å². The Morgan fingerprint density at radius 1 is 1.26 bits per heavy atom. The van der Waals surface area contributed by atoms with Gasteiger partial charge in [-0.15, -0.1) is 0 Å². The molecule has 0 aromatic rings. The summed E-state index contributed by atoms with van der Waals surface area (Å²) in [6.45, 7) is 6.60. The Balaban J connectivity index is 3.04. The first kappa shape index (κ1) is 16.2. The minimum atomic E-state index is -2.72. The summed E-state index contributed by atoms with van der Waals surface area (Å²) in [6.07, 6.45) is 2.38. The van der Waals surface area contributed by atoms with Gasteiger partial charge < -0.3 is 10.6 Å². The third-order valence-electron chi connectivity index (χ3n) is 3.76. The van der Waals surface area contributed by atoms with E-state index in [4.69, 9.17) is 5.73 Å². The second-order valence-corrected chi connectivity index (χ2v) is 6.28. The highest BCUT2D eigenvalue weighted by Gasteiger charge is 2.35. The molecule has 0 spiro atoms. The summed E-state index contributed by atoms with van der Waals surface area (Å²) in [7, 11) is 4.02. The van der Waals surface area contributed by atoms with Gasteiger partial charge in [-0.25, -0.2) is 8.78 Å². The van der Waals surface area contributed by atoms with Crippen molar-refractivity contribution in [2.45, 2.75) is 46.0 Å². The molecule has 2 nitrogen and oxygen atoms in total. The third-order valence-corrected chi connectivity index (χ3v) is 3.76. The number of alkyl halides is 2. The molecule has 110 valence electrons. The van der Waals surface area contributed by atoms with Crippen LogP contribution in [0.15, 0.2) is 22.9 Å². The van der Waals surface area contributed by atoms with E-state index in [0.717, 1.165) is 12.1 Å². The highest BCUT2D eigenvalue weighted by atomic mass is 19.3. The summed E-state index contributed by atoms with van der Waals surface area (Å²) in [5.41, 5.74) is 7.75. The first-order valence-electron chi connectivity index (χ1n) is 6.83. The molecule has 0 unspecified atom stereocenters. The number of nitrogens with two attached hydrogens (primary N) is 1. The molecule has 0 aromatic heterocycles. The van der Waals surface area contributed by atoms with Crippen LogP contribution in [0.3, 0.4) is 0 Å². The molecule has 0 bridgehead atoms. The van der Waals surface area contributed by atoms with E-state index in [1.54, 1.807) is 0 Å². The maximum atomic E-state index is 13.7. The first-order valence-corrected chi connectivity index (χ1v) is 6.83. The summed E-state index contributed by atoms with van der Waals surface area (Å²) >= 11 is 0. The molecule has 0 amide bonds. The fraction of sp³-hybridized carbons (Fsp3) is 0.733. The number of allylic oxidation sites excluding steroid dienone is 2. The molecule has 0 atom stereocenters. The van der Waals surface area contributed by atoms with Crippen LogP contribution in [0.25, 0.3) is 0 Å². The highest BCUT2D eigenvalue weighted by molar-refractivity contribution is 5.37. The Kier molecular flexibility index (Phi) is 4.77. The van der Waals surface area contributed by atoms with E-state index in [9.17, 15) is 8.78 Å². The molecule has 1 aliphatic carbocycles. The summed E-state index contributed by atoms with van der Waals surface area (Å²) < 4.78 is 27.4. The molecule has 0 fully saturated rings. The average Bonchev–Trinajstić information content (AvgIpc) is 2.26. The number of nitrogens with zero attached hydrogens (tertiary/aromatic N) is 1. The minimum Gasteiger partial charge on any atom is -0.399 e. The Bertz CT molecular complexity index is 393. The number of hydrogen-bond donors (Lipinski definition) is 1. The minimum absolute atomic E-state index is 0.0862. The predicted octanol–water partition coefficient (Wildman–Crippen LogP) is 3.55. The van der Waals surface area contributed by atoms with Crippen LogP contribution < -0.4 is 5.73 Å². The van der Waals surface area contributed by atoms with Crippen LogP contribution >= 0.6 is 0 Å². The van der Waals surface area contributed by atoms with E-state index in [2.05, 4.69) is 18.7 Å². The van der Waals surface area contributed by atoms with Crippen molar-refractivity contribution in [3.8, 4) is 0 Å². The maximum Gasteiger partial charge on any atom is 0.269 e. The zero-order valence-corrected chi connectivity index (χ0v) is 12.7.